The molecule has 0 fully saturated rings. The average Bonchev–Trinajstić information content (AvgIpc) is 2.40. The van der Waals surface area contributed by atoms with Crippen molar-refractivity contribution in [3.8, 4) is 11.1 Å². The molecule has 18 heavy (non-hydrogen) atoms. The zero-order valence-corrected chi connectivity index (χ0v) is 11.1. The molecule has 92 valence electrons. The summed E-state index contributed by atoms with van der Waals surface area (Å²) in [5, 5.41) is 0.763. The zero-order chi connectivity index (χ0) is 13.0. The van der Waals surface area contributed by atoms with Crippen LogP contribution in [-0.2, 0) is 0 Å². The third-order valence-electron chi connectivity index (χ3n) is 2.93. The fourth-order valence-electron chi connectivity index (χ4n) is 1.93. The third kappa shape index (κ3) is 2.81. The van der Waals surface area contributed by atoms with Crippen LogP contribution in [0.2, 0.25) is 5.02 Å². The van der Waals surface area contributed by atoms with Crippen molar-refractivity contribution in [1.82, 2.24) is 0 Å². The van der Waals surface area contributed by atoms with E-state index in [1.165, 1.54) is 5.56 Å². The molecule has 2 aromatic rings. The molecule has 0 aliphatic heterocycles. The summed E-state index contributed by atoms with van der Waals surface area (Å²) in [6.07, 6.45) is 1.98. The van der Waals surface area contributed by atoms with Gasteiger partial charge in [-0.1, -0.05) is 60.1 Å². The molecule has 0 heterocycles. The van der Waals surface area contributed by atoms with Gasteiger partial charge in [0.2, 0.25) is 0 Å². The second kappa shape index (κ2) is 5.85. The molecule has 0 aliphatic carbocycles. The van der Waals surface area contributed by atoms with Crippen LogP contribution < -0.4 is 5.73 Å². The van der Waals surface area contributed by atoms with Gasteiger partial charge in [0, 0.05) is 11.6 Å². The first-order chi connectivity index (χ1) is 8.72. The van der Waals surface area contributed by atoms with Crippen LogP contribution in [0.5, 0.6) is 0 Å². The lowest BCUT2D eigenvalue weighted by atomic mass is 10.0. The van der Waals surface area contributed by atoms with Gasteiger partial charge < -0.3 is 5.73 Å². The number of hydrogen-bond donors (Lipinski definition) is 1. The molecule has 0 atom stereocenters. The van der Waals surface area contributed by atoms with E-state index in [1.807, 2.05) is 43.3 Å². The van der Waals surface area contributed by atoms with Crippen molar-refractivity contribution in [2.24, 2.45) is 5.73 Å². The molecule has 0 aromatic heterocycles. The molecule has 1 nitrogen and oxygen atoms in total. The van der Waals surface area contributed by atoms with Crippen LogP contribution >= 0.6 is 11.6 Å². The van der Waals surface area contributed by atoms with Gasteiger partial charge >= 0.3 is 0 Å². The van der Waals surface area contributed by atoms with Crippen LogP contribution in [0.4, 0.5) is 0 Å². The van der Waals surface area contributed by atoms with Crippen molar-refractivity contribution in [2.75, 3.05) is 6.54 Å². The van der Waals surface area contributed by atoms with E-state index in [-0.39, 0.29) is 0 Å². The molecule has 2 rings (SSSR count). The Morgan fingerprint density at radius 2 is 1.83 bits per heavy atom. The summed E-state index contributed by atoms with van der Waals surface area (Å²) in [6.45, 7) is 2.55. The lowest BCUT2D eigenvalue weighted by Crippen LogP contribution is -1.94. The van der Waals surface area contributed by atoms with Gasteiger partial charge in [0.15, 0.2) is 0 Å². The van der Waals surface area contributed by atoms with Crippen molar-refractivity contribution in [3.05, 3.63) is 65.2 Å². The van der Waals surface area contributed by atoms with Gasteiger partial charge in [0.1, 0.15) is 0 Å². The molecule has 0 spiro atoms. The topological polar surface area (TPSA) is 26.0 Å². The fourth-order valence-corrected chi connectivity index (χ4v) is 2.26. The first-order valence-electron chi connectivity index (χ1n) is 5.94. The van der Waals surface area contributed by atoms with E-state index in [4.69, 9.17) is 17.3 Å². The first-order valence-corrected chi connectivity index (χ1v) is 6.32. The molecule has 0 bridgehead atoms. The van der Waals surface area contributed by atoms with E-state index in [2.05, 4.69) is 18.2 Å². The van der Waals surface area contributed by atoms with Crippen LogP contribution in [0, 0.1) is 0 Å². The highest BCUT2D eigenvalue weighted by atomic mass is 35.5. The van der Waals surface area contributed by atoms with E-state index in [9.17, 15) is 0 Å². The first kappa shape index (κ1) is 12.9. The summed E-state index contributed by atoms with van der Waals surface area (Å²) in [5.74, 6) is 0. The lowest BCUT2D eigenvalue weighted by Gasteiger charge is -2.08. The Balaban J connectivity index is 2.40. The molecule has 2 N–H and O–H groups in total. The molecular weight excluding hydrogens is 242 g/mol. The van der Waals surface area contributed by atoms with E-state index in [1.54, 1.807) is 0 Å². The number of rotatable bonds is 3. The van der Waals surface area contributed by atoms with Crippen molar-refractivity contribution >= 4 is 17.2 Å². The van der Waals surface area contributed by atoms with Gasteiger partial charge in [-0.25, -0.2) is 0 Å². The summed E-state index contributed by atoms with van der Waals surface area (Å²) < 4.78 is 0. The normalized spacial score (nSPS) is 11.6. The number of hydrogen-bond acceptors (Lipinski definition) is 1. The molecule has 0 aliphatic rings. The minimum Gasteiger partial charge on any atom is -0.327 e. The van der Waals surface area contributed by atoms with Gasteiger partial charge in [-0.2, -0.15) is 0 Å². The maximum atomic E-state index is 6.33. The van der Waals surface area contributed by atoms with Crippen molar-refractivity contribution in [3.63, 3.8) is 0 Å². The predicted molar refractivity (Wildman–Crippen MR) is 79.6 cm³/mol. The van der Waals surface area contributed by atoms with E-state index in [0.717, 1.165) is 21.7 Å². The predicted octanol–water partition coefficient (Wildman–Crippen LogP) is 4.37. The van der Waals surface area contributed by atoms with Gasteiger partial charge in [-0.15, -0.1) is 0 Å². The van der Waals surface area contributed by atoms with Crippen molar-refractivity contribution in [1.29, 1.82) is 0 Å². The fraction of sp³-hybridized carbons (Fsp3) is 0.125. The van der Waals surface area contributed by atoms with Crippen LogP contribution in [0.1, 0.15) is 12.5 Å². The Hall–Kier alpha value is -1.57. The van der Waals surface area contributed by atoms with Crippen LogP contribution in [-0.4, -0.2) is 6.54 Å². The van der Waals surface area contributed by atoms with Crippen LogP contribution in [0.15, 0.2) is 54.6 Å². The molecule has 2 heteroatoms. The molecule has 0 saturated carbocycles. The SMILES string of the molecule is CC(=CCN)c1ccc(-c2ccccc2)cc1Cl. The van der Waals surface area contributed by atoms with Gasteiger partial charge in [0.25, 0.3) is 0 Å². The summed E-state index contributed by atoms with van der Waals surface area (Å²) >= 11 is 6.33. The smallest absolute Gasteiger partial charge is 0.0487 e. The monoisotopic (exact) mass is 257 g/mol. The highest BCUT2D eigenvalue weighted by molar-refractivity contribution is 6.32. The lowest BCUT2D eigenvalue weighted by molar-refractivity contribution is 1.25. The largest absolute Gasteiger partial charge is 0.327 e. The highest BCUT2D eigenvalue weighted by Crippen LogP contribution is 2.29. The summed E-state index contributed by atoms with van der Waals surface area (Å²) in [5.41, 5.74) is 9.98. The van der Waals surface area contributed by atoms with E-state index in [0.29, 0.717) is 6.54 Å². The van der Waals surface area contributed by atoms with Crippen LogP contribution in [0.25, 0.3) is 16.7 Å². The minimum absolute atomic E-state index is 0.530. The third-order valence-corrected chi connectivity index (χ3v) is 3.24. The van der Waals surface area contributed by atoms with E-state index >= 15 is 0 Å². The molecule has 0 amide bonds. The maximum absolute atomic E-state index is 6.33. The number of halogens is 1. The number of nitrogens with two attached hydrogens (primary N) is 1. The second-order valence-corrected chi connectivity index (χ2v) is 4.59. The zero-order valence-electron chi connectivity index (χ0n) is 10.4. The second-order valence-electron chi connectivity index (χ2n) is 4.18. The molecule has 0 radical (unpaired) electrons. The minimum atomic E-state index is 0.530. The quantitative estimate of drug-likeness (QED) is 0.868. The van der Waals surface area contributed by atoms with Crippen molar-refractivity contribution < 1.29 is 0 Å². The molecule has 0 unspecified atom stereocenters. The van der Waals surface area contributed by atoms with Gasteiger partial charge in [-0.05, 0) is 35.3 Å². The van der Waals surface area contributed by atoms with E-state index < -0.39 is 0 Å². The van der Waals surface area contributed by atoms with Crippen LogP contribution in [0.3, 0.4) is 0 Å². The van der Waals surface area contributed by atoms with Crippen molar-refractivity contribution in [2.45, 2.75) is 6.92 Å². The Bertz CT molecular complexity index is 559. The molecular formula is C16H16ClN. The molecule has 2 aromatic carbocycles. The Morgan fingerprint density at radius 1 is 1.11 bits per heavy atom. The summed E-state index contributed by atoms with van der Waals surface area (Å²) in [4.78, 5) is 0. The van der Waals surface area contributed by atoms with Gasteiger partial charge in [0.05, 0.1) is 0 Å². The average molecular weight is 258 g/mol. The van der Waals surface area contributed by atoms with Gasteiger partial charge in [-0.3, -0.25) is 0 Å². The summed E-state index contributed by atoms with van der Waals surface area (Å²) in [6, 6.07) is 16.3. The summed E-state index contributed by atoms with van der Waals surface area (Å²) in [7, 11) is 0. The highest BCUT2D eigenvalue weighted by Gasteiger charge is 2.04. The molecule has 0 saturated heterocycles. The number of allylic oxidation sites excluding steroid dienone is 1. The Morgan fingerprint density at radius 3 is 2.44 bits per heavy atom. The Labute approximate surface area is 113 Å². The Kier molecular flexibility index (Phi) is 4.19. The standard InChI is InChI=1S/C16H16ClN/c1-12(9-10-18)15-8-7-14(11-16(15)17)13-5-3-2-4-6-13/h2-9,11H,10,18H2,1H3. The number of benzene rings is 2. The maximum Gasteiger partial charge on any atom is 0.0487 e.